The number of carbonyl (C=O) groups is 1. The van der Waals surface area contributed by atoms with Gasteiger partial charge in [-0.15, -0.1) is 0 Å². The minimum Gasteiger partial charge on any atom is -0.302 e. The molecule has 1 N–H and O–H groups in total. The van der Waals surface area contributed by atoms with E-state index in [1.807, 2.05) is 48.5 Å². The molecule has 2 aromatic rings. The molecule has 0 aromatic heterocycles. The summed E-state index contributed by atoms with van der Waals surface area (Å²) >= 11 is 12.3. The summed E-state index contributed by atoms with van der Waals surface area (Å²) in [5.74, 6) is 0.492. The number of benzene rings is 2. The van der Waals surface area contributed by atoms with Gasteiger partial charge in [-0.1, -0.05) is 61.3 Å². The minimum atomic E-state index is -0.0566. The first-order valence-electron chi connectivity index (χ1n) is 8.25. The zero-order valence-electron chi connectivity index (χ0n) is 13.8. The van der Waals surface area contributed by atoms with Crippen LogP contribution in [-0.4, -0.2) is 5.78 Å². The lowest BCUT2D eigenvalue weighted by molar-refractivity contribution is -0.128. The average Bonchev–Trinajstić information content (AvgIpc) is 2.53. The molecular formula is C20H21Cl2NO. The number of hydrogen-bond acceptors (Lipinski definition) is 2. The van der Waals surface area contributed by atoms with Crippen LogP contribution in [0, 0.1) is 11.8 Å². The standard InChI is InChI=1S/C20H21Cl2NO/c1-12(2)19-18(24)11-17(13-5-3-7-15(21)9-13)23-20(19)14-6-4-8-16(22)10-14/h3-10,12,17,19-20,23H,11H2,1-2H3/t17-,19-,20+/m1/s1. The van der Waals surface area contributed by atoms with Gasteiger partial charge in [0.05, 0.1) is 0 Å². The molecule has 4 heteroatoms. The molecule has 0 bridgehead atoms. The fourth-order valence-electron chi connectivity index (χ4n) is 3.60. The summed E-state index contributed by atoms with van der Waals surface area (Å²) in [5, 5.41) is 5.04. The zero-order chi connectivity index (χ0) is 17.3. The Bertz CT molecular complexity index is 744. The monoisotopic (exact) mass is 361 g/mol. The van der Waals surface area contributed by atoms with E-state index in [2.05, 4.69) is 19.2 Å². The van der Waals surface area contributed by atoms with Crippen molar-refractivity contribution in [2.75, 3.05) is 0 Å². The van der Waals surface area contributed by atoms with Crippen molar-refractivity contribution >= 4 is 29.0 Å². The van der Waals surface area contributed by atoms with E-state index in [1.165, 1.54) is 0 Å². The van der Waals surface area contributed by atoms with Crippen molar-refractivity contribution in [3.63, 3.8) is 0 Å². The Kier molecular flexibility index (Phi) is 5.29. The molecule has 3 rings (SSSR count). The molecule has 0 saturated carbocycles. The van der Waals surface area contributed by atoms with Crippen LogP contribution in [0.2, 0.25) is 10.0 Å². The van der Waals surface area contributed by atoms with E-state index in [-0.39, 0.29) is 23.9 Å². The third-order valence-corrected chi connectivity index (χ3v) is 5.16. The van der Waals surface area contributed by atoms with Gasteiger partial charge in [-0.25, -0.2) is 0 Å². The van der Waals surface area contributed by atoms with Gasteiger partial charge in [0.15, 0.2) is 0 Å². The highest BCUT2D eigenvalue weighted by atomic mass is 35.5. The summed E-state index contributed by atoms with van der Waals surface area (Å²) in [6.45, 7) is 4.20. The van der Waals surface area contributed by atoms with Crippen LogP contribution in [-0.2, 0) is 4.79 Å². The quantitative estimate of drug-likeness (QED) is 0.769. The van der Waals surface area contributed by atoms with Crippen molar-refractivity contribution in [3.05, 3.63) is 69.7 Å². The SMILES string of the molecule is CC(C)[C@@H]1C(=O)C[C@H](c2cccc(Cl)c2)N[C@H]1c1cccc(Cl)c1. The van der Waals surface area contributed by atoms with Crippen molar-refractivity contribution in [2.24, 2.45) is 11.8 Å². The van der Waals surface area contributed by atoms with Gasteiger partial charge in [0.1, 0.15) is 5.78 Å². The van der Waals surface area contributed by atoms with Crippen molar-refractivity contribution in [3.8, 4) is 0 Å². The molecule has 1 saturated heterocycles. The van der Waals surface area contributed by atoms with Crippen LogP contribution >= 0.6 is 23.2 Å². The van der Waals surface area contributed by atoms with Gasteiger partial charge >= 0.3 is 0 Å². The molecule has 0 amide bonds. The summed E-state index contributed by atoms with van der Waals surface area (Å²) in [6, 6.07) is 15.4. The first kappa shape index (κ1) is 17.5. The minimum absolute atomic E-state index is 0.0322. The van der Waals surface area contributed by atoms with E-state index in [4.69, 9.17) is 23.2 Å². The second-order valence-electron chi connectivity index (χ2n) is 6.75. The fourth-order valence-corrected chi connectivity index (χ4v) is 4.00. The van der Waals surface area contributed by atoms with Crippen molar-refractivity contribution in [1.82, 2.24) is 5.32 Å². The Morgan fingerprint density at radius 1 is 1.00 bits per heavy atom. The maximum Gasteiger partial charge on any atom is 0.140 e. The van der Waals surface area contributed by atoms with Crippen molar-refractivity contribution < 1.29 is 4.79 Å². The first-order chi connectivity index (χ1) is 11.5. The van der Waals surface area contributed by atoms with Crippen LogP contribution in [0.5, 0.6) is 0 Å². The molecule has 0 radical (unpaired) electrons. The third-order valence-electron chi connectivity index (χ3n) is 4.69. The molecule has 1 aliphatic heterocycles. The lowest BCUT2D eigenvalue weighted by Gasteiger charge is -2.39. The molecule has 0 aliphatic carbocycles. The van der Waals surface area contributed by atoms with Gasteiger partial charge in [-0.3, -0.25) is 4.79 Å². The summed E-state index contributed by atoms with van der Waals surface area (Å²) in [6.07, 6.45) is 0.486. The highest BCUT2D eigenvalue weighted by Gasteiger charge is 2.39. The van der Waals surface area contributed by atoms with Gasteiger partial charge < -0.3 is 5.32 Å². The maximum atomic E-state index is 12.9. The number of Topliss-reactive ketones (excluding diaryl/α,β-unsaturated/α-hetero) is 1. The van der Waals surface area contributed by atoms with E-state index in [0.717, 1.165) is 11.1 Å². The number of rotatable bonds is 3. The van der Waals surface area contributed by atoms with E-state index >= 15 is 0 Å². The van der Waals surface area contributed by atoms with Crippen LogP contribution in [0.25, 0.3) is 0 Å². The Hall–Kier alpha value is -1.35. The molecule has 0 unspecified atom stereocenters. The van der Waals surface area contributed by atoms with Gasteiger partial charge in [-0.2, -0.15) is 0 Å². The van der Waals surface area contributed by atoms with Crippen LogP contribution in [0.1, 0.15) is 43.5 Å². The van der Waals surface area contributed by atoms with Crippen molar-refractivity contribution in [2.45, 2.75) is 32.4 Å². The normalized spacial score (nSPS) is 24.4. The average molecular weight is 362 g/mol. The first-order valence-corrected chi connectivity index (χ1v) is 9.01. The predicted octanol–water partition coefficient (Wildman–Crippen LogP) is 5.61. The lowest BCUT2D eigenvalue weighted by atomic mass is 9.75. The second kappa shape index (κ2) is 7.26. The third kappa shape index (κ3) is 3.66. The van der Waals surface area contributed by atoms with Gasteiger partial charge in [-0.05, 0) is 41.3 Å². The number of hydrogen-bond donors (Lipinski definition) is 1. The summed E-state index contributed by atoms with van der Waals surface area (Å²) in [4.78, 5) is 12.9. The van der Waals surface area contributed by atoms with Crippen LogP contribution in [0.4, 0.5) is 0 Å². The second-order valence-corrected chi connectivity index (χ2v) is 7.62. The number of nitrogens with one attached hydrogen (secondary N) is 1. The fraction of sp³-hybridized carbons (Fsp3) is 0.350. The number of piperidine rings is 1. The largest absolute Gasteiger partial charge is 0.302 e. The Morgan fingerprint density at radius 2 is 1.58 bits per heavy atom. The molecule has 1 fully saturated rings. The van der Waals surface area contributed by atoms with Gasteiger partial charge in [0, 0.05) is 34.5 Å². The van der Waals surface area contributed by atoms with Crippen LogP contribution in [0.15, 0.2) is 48.5 Å². The summed E-state index contributed by atoms with van der Waals surface area (Å²) in [5.41, 5.74) is 2.10. The molecule has 1 aliphatic rings. The lowest BCUT2D eigenvalue weighted by Crippen LogP contribution is -2.44. The number of ketones is 1. The highest BCUT2D eigenvalue weighted by Crippen LogP contribution is 2.39. The zero-order valence-corrected chi connectivity index (χ0v) is 15.3. The molecule has 3 atom stereocenters. The topological polar surface area (TPSA) is 29.1 Å². The Balaban J connectivity index is 1.97. The van der Waals surface area contributed by atoms with Crippen molar-refractivity contribution in [1.29, 1.82) is 0 Å². The maximum absolute atomic E-state index is 12.9. The molecule has 1 heterocycles. The predicted molar refractivity (Wildman–Crippen MR) is 99.5 cm³/mol. The number of halogens is 2. The molecule has 2 nitrogen and oxygen atoms in total. The summed E-state index contributed by atoms with van der Waals surface area (Å²) in [7, 11) is 0. The Labute approximate surface area is 153 Å². The van der Waals surface area contributed by atoms with Crippen LogP contribution < -0.4 is 5.32 Å². The van der Waals surface area contributed by atoms with Gasteiger partial charge in [0.25, 0.3) is 0 Å². The van der Waals surface area contributed by atoms with Crippen LogP contribution in [0.3, 0.4) is 0 Å². The van der Waals surface area contributed by atoms with E-state index in [0.29, 0.717) is 22.2 Å². The summed E-state index contributed by atoms with van der Waals surface area (Å²) < 4.78 is 0. The highest BCUT2D eigenvalue weighted by molar-refractivity contribution is 6.30. The van der Waals surface area contributed by atoms with E-state index < -0.39 is 0 Å². The molecule has 126 valence electrons. The molecular weight excluding hydrogens is 341 g/mol. The van der Waals surface area contributed by atoms with E-state index in [1.54, 1.807) is 0 Å². The number of carbonyl (C=O) groups excluding carboxylic acids is 1. The van der Waals surface area contributed by atoms with Gasteiger partial charge in [0.2, 0.25) is 0 Å². The molecule has 2 aromatic carbocycles. The van der Waals surface area contributed by atoms with E-state index in [9.17, 15) is 4.79 Å². The molecule has 0 spiro atoms. The Morgan fingerprint density at radius 3 is 2.17 bits per heavy atom. The smallest absolute Gasteiger partial charge is 0.140 e. The molecule has 24 heavy (non-hydrogen) atoms.